The van der Waals surface area contributed by atoms with E-state index in [0.29, 0.717) is 6.42 Å². The smallest absolute Gasteiger partial charge is 0.130 e. The number of rotatable bonds is 11. The molecule has 0 aliphatic heterocycles. The van der Waals surface area contributed by atoms with Gasteiger partial charge in [-0.1, -0.05) is 24.3 Å². The minimum atomic E-state index is -0.0260. The number of ether oxygens (including phenoxy) is 2. The zero-order chi connectivity index (χ0) is 22.1. The van der Waals surface area contributed by atoms with Gasteiger partial charge in [0.05, 0.1) is 32.6 Å². The van der Waals surface area contributed by atoms with Crippen LogP contribution in [0.5, 0.6) is 11.5 Å². The lowest BCUT2D eigenvalue weighted by molar-refractivity contribution is 0.241. The maximum absolute atomic E-state index is 6.09. The molecule has 1 heterocycles. The Morgan fingerprint density at radius 2 is 1.32 bits per heavy atom. The summed E-state index contributed by atoms with van der Waals surface area (Å²) in [6.07, 6.45) is 4.30. The van der Waals surface area contributed by atoms with E-state index in [1.807, 2.05) is 50.5 Å². The molecule has 3 rings (SSSR count). The molecule has 6 nitrogen and oxygen atoms in total. The fourth-order valence-corrected chi connectivity index (χ4v) is 3.67. The second kappa shape index (κ2) is 11.7. The summed E-state index contributed by atoms with van der Waals surface area (Å²) in [6.45, 7) is 5.48. The van der Waals surface area contributed by atoms with Crippen molar-refractivity contribution in [3.05, 3.63) is 83.4 Å². The summed E-state index contributed by atoms with van der Waals surface area (Å²) in [5, 5.41) is 0. The summed E-state index contributed by atoms with van der Waals surface area (Å²) in [7, 11) is 3.35. The Kier molecular flexibility index (Phi) is 8.70. The van der Waals surface area contributed by atoms with Gasteiger partial charge in [0.15, 0.2) is 0 Å². The highest BCUT2D eigenvalue weighted by atomic mass is 32.2. The highest BCUT2D eigenvalue weighted by molar-refractivity contribution is 7.92. The normalized spacial score (nSPS) is 12.0. The Labute approximate surface area is 188 Å². The Bertz CT molecular complexity index is 869. The van der Waals surface area contributed by atoms with E-state index in [2.05, 4.69) is 38.5 Å². The fourth-order valence-electron chi connectivity index (χ4n) is 2.93. The second-order valence-electron chi connectivity index (χ2n) is 7.36. The molecule has 0 aliphatic carbocycles. The van der Waals surface area contributed by atoms with E-state index >= 15 is 0 Å². The number of methoxy groups -OCH3 is 2. The Balaban J connectivity index is 1.63. The van der Waals surface area contributed by atoms with Gasteiger partial charge < -0.3 is 9.47 Å². The highest BCUT2D eigenvalue weighted by Gasteiger charge is 2.14. The standard InChI is InChI=1S/C24H29N3O3S/c1-18-14-25-24(26-15-18)13-19(2)30-31-27(16-20-5-9-22(28-3)10-6-20)17-21-7-11-23(29-4)12-8-21/h5-12,14-15,19H,13,16-17H2,1-4H3. The topological polar surface area (TPSA) is 56.7 Å². The van der Waals surface area contributed by atoms with Gasteiger partial charge in [-0.3, -0.25) is 4.18 Å². The van der Waals surface area contributed by atoms with E-state index in [1.165, 1.54) is 23.4 Å². The molecule has 1 unspecified atom stereocenters. The molecule has 0 aliphatic rings. The van der Waals surface area contributed by atoms with Crippen LogP contribution >= 0.6 is 12.2 Å². The predicted octanol–water partition coefficient (Wildman–Crippen LogP) is 5.02. The SMILES string of the molecule is COc1ccc(CN(Cc2ccc(OC)cc2)SOC(C)Cc2ncc(C)cn2)cc1. The van der Waals surface area contributed by atoms with Crippen molar-refractivity contribution in [2.24, 2.45) is 0 Å². The predicted molar refractivity (Wildman–Crippen MR) is 124 cm³/mol. The maximum atomic E-state index is 6.09. The first-order chi connectivity index (χ1) is 15.1. The van der Waals surface area contributed by atoms with Crippen molar-refractivity contribution in [2.75, 3.05) is 14.2 Å². The molecule has 0 spiro atoms. The molecule has 31 heavy (non-hydrogen) atoms. The average Bonchev–Trinajstić information content (AvgIpc) is 2.80. The summed E-state index contributed by atoms with van der Waals surface area (Å²) < 4.78 is 18.8. The van der Waals surface area contributed by atoms with Crippen molar-refractivity contribution in [1.82, 2.24) is 14.3 Å². The summed E-state index contributed by atoms with van der Waals surface area (Å²) in [5.74, 6) is 2.48. The number of nitrogens with zero attached hydrogens (tertiary/aromatic N) is 3. The average molecular weight is 440 g/mol. The second-order valence-corrected chi connectivity index (χ2v) is 8.21. The maximum Gasteiger partial charge on any atom is 0.130 e. The summed E-state index contributed by atoms with van der Waals surface area (Å²) in [6, 6.07) is 16.2. The molecule has 3 aromatic rings. The molecule has 1 aromatic heterocycles. The molecule has 0 bridgehead atoms. The largest absolute Gasteiger partial charge is 0.497 e. The van der Waals surface area contributed by atoms with Gasteiger partial charge in [0.2, 0.25) is 0 Å². The number of aromatic nitrogens is 2. The quantitative estimate of drug-likeness (QED) is 0.307. The van der Waals surface area contributed by atoms with Crippen LogP contribution in [0.3, 0.4) is 0 Å². The third-order valence-corrected chi connectivity index (χ3v) is 5.54. The van der Waals surface area contributed by atoms with Gasteiger partial charge in [0.1, 0.15) is 17.3 Å². The van der Waals surface area contributed by atoms with Gasteiger partial charge in [-0.05, 0) is 54.8 Å². The van der Waals surface area contributed by atoms with Gasteiger partial charge in [-0.2, -0.15) is 0 Å². The lowest BCUT2D eigenvalue weighted by Crippen LogP contribution is -2.19. The van der Waals surface area contributed by atoms with Crippen LogP contribution in [-0.2, 0) is 23.7 Å². The molecule has 2 aromatic carbocycles. The Morgan fingerprint density at radius 3 is 1.77 bits per heavy atom. The minimum Gasteiger partial charge on any atom is -0.497 e. The first-order valence-corrected chi connectivity index (χ1v) is 10.9. The van der Waals surface area contributed by atoms with E-state index < -0.39 is 0 Å². The third-order valence-electron chi connectivity index (χ3n) is 4.65. The molecule has 1 atom stereocenters. The van der Waals surface area contributed by atoms with Crippen molar-refractivity contribution in [2.45, 2.75) is 39.5 Å². The van der Waals surface area contributed by atoms with E-state index in [9.17, 15) is 0 Å². The zero-order valence-corrected chi connectivity index (χ0v) is 19.3. The number of hydrogen-bond donors (Lipinski definition) is 0. The van der Waals surface area contributed by atoms with Gasteiger partial charge in [-0.25, -0.2) is 14.3 Å². The molecular weight excluding hydrogens is 410 g/mol. The Hall–Kier alpha value is -2.61. The molecule has 0 amide bonds. The van der Waals surface area contributed by atoms with E-state index in [-0.39, 0.29) is 6.10 Å². The van der Waals surface area contributed by atoms with E-state index in [4.69, 9.17) is 13.7 Å². The third kappa shape index (κ3) is 7.54. The van der Waals surface area contributed by atoms with Gasteiger partial charge >= 0.3 is 0 Å². The van der Waals surface area contributed by atoms with Crippen molar-refractivity contribution in [3.8, 4) is 11.5 Å². The molecule has 0 saturated carbocycles. The van der Waals surface area contributed by atoms with Crippen LogP contribution in [0.4, 0.5) is 0 Å². The summed E-state index contributed by atoms with van der Waals surface area (Å²) in [5.41, 5.74) is 3.41. The molecule has 164 valence electrons. The summed E-state index contributed by atoms with van der Waals surface area (Å²) >= 11 is 1.38. The number of hydrogen-bond acceptors (Lipinski definition) is 7. The molecule has 0 N–H and O–H groups in total. The summed E-state index contributed by atoms with van der Waals surface area (Å²) in [4.78, 5) is 8.75. The van der Waals surface area contributed by atoms with Gasteiger partial charge in [0, 0.05) is 31.9 Å². The molecule has 7 heteroatoms. The first kappa shape index (κ1) is 23.1. The van der Waals surface area contributed by atoms with Crippen LogP contribution < -0.4 is 9.47 Å². The zero-order valence-electron chi connectivity index (χ0n) is 18.4. The van der Waals surface area contributed by atoms with Crippen molar-refractivity contribution in [1.29, 1.82) is 0 Å². The van der Waals surface area contributed by atoms with Crippen LogP contribution in [0.25, 0.3) is 0 Å². The van der Waals surface area contributed by atoms with Crippen LogP contribution in [0.15, 0.2) is 60.9 Å². The Morgan fingerprint density at radius 1 is 0.839 bits per heavy atom. The van der Waals surface area contributed by atoms with Gasteiger partial charge in [-0.15, -0.1) is 0 Å². The molecular formula is C24H29N3O3S. The van der Waals surface area contributed by atoms with Gasteiger partial charge in [0.25, 0.3) is 0 Å². The van der Waals surface area contributed by atoms with Crippen LogP contribution in [0.2, 0.25) is 0 Å². The lowest BCUT2D eigenvalue weighted by atomic mass is 10.2. The first-order valence-electron chi connectivity index (χ1n) is 10.2. The monoisotopic (exact) mass is 439 g/mol. The number of aryl methyl sites for hydroxylation is 1. The van der Waals surface area contributed by atoms with E-state index in [1.54, 1.807) is 14.2 Å². The minimum absolute atomic E-state index is 0.0260. The van der Waals surface area contributed by atoms with Crippen LogP contribution in [0, 0.1) is 6.92 Å². The fraction of sp³-hybridized carbons (Fsp3) is 0.333. The van der Waals surface area contributed by atoms with Crippen LogP contribution in [0.1, 0.15) is 29.4 Å². The van der Waals surface area contributed by atoms with Crippen molar-refractivity contribution in [3.63, 3.8) is 0 Å². The molecule has 0 fully saturated rings. The molecule has 0 saturated heterocycles. The molecule has 0 radical (unpaired) electrons. The highest BCUT2D eigenvalue weighted by Crippen LogP contribution is 2.24. The lowest BCUT2D eigenvalue weighted by Gasteiger charge is -2.22. The van der Waals surface area contributed by atoms with Crippen molar-refractivity contribution < 1.29 is 13.7 Å². The van der Waals surface area contributed by atoms with E-state index in [0.717, 1.165) is 36.0 Å². The number of benzene rings is 2. The van der Waals surface area contributed by atoms with Crippen molar-refractivity contribution >= 4 is 12.2 Å². The van der Waals surface area contributed by atoms with Crippen LogP contribution in [-0.4, -0.2) is 34.6 Å².